The summed E-state index contributed by atoms with van der Waals surface area (Å²) in [5.74, 6) is 1.90. The van der Waals surface area contributed by atoms with Crippen LogP contribution in [0.5, 0.6) is 0 Å². The van der Waals surface area contributed by atoms with E-state index in [0.717, 1.165) is 42.5 Å². The number of hydrogen-bond donors (Lipinski definition) is 1. The first-order valence-corrected chi connectivity index (χ1v) is 8.78. The van der Waals surface area contributed by atoms with Crippen LogP contribution in [0.3, 0.4) is 0 Å². The molecule has 114 valence electrons. The van der Waals surface area contributed by atoms with E-state index >= 15 is 0 Å². The monoisotopic (exact) mass is 295 g/mol. The number of thioether (sulfide) groups is 1. The smallest absolute Gasteiger partial charge is 0.138 e. The molecule has 0 saturated heterocycles. The van der Waals surface area contributed by atoms with Gasteiger partial charge < -0.3 is 5.32 Å². The summed E-state index contributed by atoms with van der Waals surface area (Å²) in [7, 11) is 0. The summed E-state index contributed by atoms with van der Waals surface area (Å²) in [6.07, 6.45) is 3.40. The van der Waals surface area contributed by atoms with Crippen LogP contribution in [0.1, 0.15) is 56.4 Å². The van der Waals surface area contributed by atoms with Crippen molar-refractivity contribution >= 4 is 11.8 Å². The lowest BCUT2D eigenvalue weighted by Crippen LogP contribution is -2.19. The van der Waals surface area contributed by atoms with Crippen LogP contribution in [0.4, 0.5) is 0 Å². The fraction of sp³-hybridized carbons (Fsp3) is 0.750. The van der Waals surface area contributed by atoms with E-state index in [2.05, 4.69) is 49.9 Å². The summed E-state index contributed by atoms with van der Waals surface area (Å²) in [6, 6.07) is 0. The van der Waals surface area contributed by atoms with E-state index in [1.54, 1.807) is 0 Å². The van der Waals surface area contributed by atoms with Crippen molar-refractivity contribution in [1.29, 1.82) is 0 Å². The molecule has 1 unspecified atom stereocenters. The summed E-state index contributed by atoms with van der Waals surface area (Å²) in [5, 5.41) is 4.12. The van der Waals surface area contributed by atoms with E-state index in [1.165, 1.54) is 18.4 Å². The number of nitrogens with zero attached hydrogens (tertiary/aromatic N) is 2. The third kappa shape index (κ3) is 5.80. The Kier molecular flexibility index (Phi) is 8.15. The SMILES string of the molecule is CCCNCCc1c(C)nc(CSC(C)CC)nc1C. The van der Waals surface area contributed by atoms with Gasteiger partial charge in [0.1, 0.15) is 5.82 Å². The lowest BCUT2D eigenvalue weighted by atomic mass is 10.1. The number of hydrogen-bond acceptors (Lipinski definition) is 4. The van der Waals surface area contributed by atoms with E-state index in [4.69, 9.17) is 0 Å². The van der Waals surface area contributed by atoms with E-state index in [0.29, 0.717) is 5.25 Å². The van der Waals surface area contributed by atoms with Crippen molar-refractivity contribution in [2.75, 3.05) is 13.1 Å². The molecule has 0 aliphatic rings. The lowest BCUT2D eigenvalue weighted by molar-refractivity contribution is 0.665. The van der Waals surface area contributed by atoms with Gasteiger partial charge in [-0.25, -0.2) is 9.97 Å². The highest BCUT2D eigenvalue weighted by molar-refractivity contribution is 7.99. The minimum Gasteiger partial charge on any atom is -0.316 e. The summed E-state index contributed by atoms with van der Waals surface area (Å²) in [6.45, 7) is 13.0. The molecular weight excluding hydrogens is 266 g/mol. The van der Waals surface area contributed by atoms with Gasteiger partial charge in [0.2, 0.25) is 0 Å². The van der Waals surface area contributed by atoms with Crippen LogP contribution in [0.2, 0.25) is 0 Å². The van der Waals surface area contributed by atoms with Crippen LogP contribution in [-0.2, 0) is 12.2 Å². The van der Waals surface area contributed by atoms with Gasteiger partial charge in [-0.05, 0) is 51.8 Å². The van der Waals surface area contributed by atoms with E-state index < -0.39 is 0 Å². The summed E-state index contributed by atoms with van der Waals surface area (Å²) >= 11 is 1.94. The van der Waals surface area contributed by atoms with Crippen molar-refractivity contribution in [2.45, 2.75) is 64.9 Å². The van der Waals surface area contributed by atoms with Crippen molar-refractivity contribution in [3.63, 3.8) is 0 Å². The molecule has 1 atom stereocenters. The molecule has 0 aromatic carbocycles. The molecule has 1 N–H and O–H groups in total. The Labute approximate surface area is 128 Å². The molecule has 0 radical (unpaired) electrons. The molecule has 0 saturated carbocycles. The second kappa shape index (κ2) is 9.35. The first-order valence-electron chi connectivity index (χ1n) is 7.73. The Balaban J connectivity index is 2.61. The van der Waals surface area contributed by atoms with Crippen LogP contribution in [0.25, 0.3) is 0 Å². The van der Waals surface area contributed by atoms with Gasteiger partial charge in [0.25, 0.3) is 0 Å². The maximum absolute atomic E-state index is 4.68. The van der Waals surface area contributed by atoms with Crippen molar-refractivity contribution in [1.82, 2.24) is 15.3 Å². The topological polar surface area (TPSA) is 37.8 Å². The highest BCUT2D eigenvalue weighted by atomic mass is 32.2. The number of aryl methyl sites for hydroxylation is 2. The summed E-state index contributed by atoms with van der Waals surface area (Å²) in [4.78, 5) is 9.36. The highest BCUT2D eigenvalue weighted by Crippen LogP contribution is 2.19. The molecule has 20 heavy (non-hydrogen) atoms. The minimum absolute atomic E-state index is 0.678. The van der Waals surface area contributed by atoms with Crippen LogP contribution in [0, 0.1) is 13.8 Å². The van der Waals surface area contributed by atoms with Crippen LogP contribution in [-0.4, -0.2) is 28.3 Å². The minimum atomic E-state index is 0.678. The second-order valence-electron chi connectivity index (χ2n) is 5.32. The standard InChI is InChI=1S/C16H29N3S/c1-6-9-17-10-8-15-13(4)18-16(19-14(15)5)11-20-12(3)7-2/h12,17H,6-11H2,1-5H3. The van der Waals surface area contributed by atoms with Crippen molar-refractivity contribution < 1.29 is 0 Å². The Morgan fingerprint density at radius 2 is 1.75 bits per heavy atom. The normalized spacial score (nSPS) is 12.7. The van der Waals surface area contributed by atoms with E-state index in [9.17, 15) is 0 Å². The maximum Gasteiger partial charge on any atom is 0.138 e. The van der Waals surface area contributed by atoms with Gasteiger partial charge in [-0.3, -0.25) is 0 Å². The summed E-state index contributed by atoms with van der Waals surface area (Å²) in [5.41, 5.74) is 3.61. The van der Waals surface area contributed by atoms with Gasteiger partial charge in [-0.2, -0.15) is 11.8 Å². The number of rotatable bonds is 9. The first kappa shape index (κ1) is 17.4. The lowest BCUT2D eigenvalue weighted by Gasteiger charge is -2.12. The molecule has 0 aliphatic carbocycles. The first-order chi connectivity index (χ1) is 9.58. The van der Waals surface area contributed by atoms with E-state index in [1.807, 2.05) is 11.8 Å². The van der Waals surface area contributed by atoms with Crippen molar-refractivity contribution in [2.24, 2.45) is 0 Å². The zero-order chi connectivity index (χ0) is 15.0. The molecule has 0 spiro atoms. The van der Waals surface area contributed by atoms with Crippen LogP contribution in [0.15, 0.2) is 0 Å². The number of aromatic nitrogens is 2. The zero-order valence-corrected chi connectivity index (χ0v) is 14.4. The van der Waals surface area contributed by atoms with E-state index in [-0.39, 0.29) is 0 Å². The van der Waals surface area contributed by atoms with Crippen LogP contribution < -0.4 is 5.32 Å². The van der Waals surface area contributed by atoms with Gasteiger partial charge in [0.05, 0.1) is 5.75 Å². The molecule has 0 fully saturated rings. The molecule has 0 amide bonds. The molecule has 0 aliphatic heterocycles. The summed E-state index contributed by atoms with van der Waals surface area (Å²) < 4.78 is 0. The maximum atomic E-state index is 4.68. The number of nitrogens with one attached hydrogen (secondary N) is 1. The molecular formula is C16H29N3S. The quantitative estimate of drug-likeness (QED) is 0.705. The largest absolute Gasteiger partial charge is 0.316 e. The average Bonchev–Trinajstić information content (AvgIpc) is 2.43. The Morgan fingerprint density at radius 3 is 2.30 bits per heavy atom. The second-order valence-corrected chi connectivity index (χ2v) is 6.75. The molecule has 1 aromatic rings. The van der Waals surface area contributed by atoms with Crippen LogP contribution >= 0.6 is 11.8 Å². The fourth-order valence-electron chi connectivity index (χ4n) is 2.09. The average molecular weight is 295 g/mol. The van der Waals surface area contributed by atoms with Gasteiger partial charge in [-0.15, -0.1) is 0 Å². The van der Waals surface area contributed by atoms with Crippen molar-refractivity contribution in [3.8, 4) is 0 Å². The van der Waals surface area contributed by atoms with Crippen molar-refractivity contribution in [3.05, 3.63) is 22.8 Å². The Hall–Kier alpha value is -0.610. The predicted octanol–water partition coefficient (Wildman–Crippen LogP) is 3.67. The van der Waals surface area contributed by atoms with Gasteiger partial charge in [0.15, 0.2) is 0 Å². The molecule has 1 aromatic heterocycles. The van der Waals surface area contributed by atoms with Gasteiger partial charge in [-0.1, -0.05) is 20.8 Å². The molecule has 1 rings (SSSR count). The molecule has 0 bridgehead atoms. The zero-order valence-electron chi connectivity index (χ0n) is 13.6. The third-order valence-electron chi connectivity index (χ3n) is 3.52. The molecule has 4 heteroatoms. The molecule has 3 nitrogen and oxygen atoms in total. The Morgan fingerprint density at radius 1 is 1.10 bits per heavy atom. The van der Waals surface area contributed by atoms with Gasteiger partial charge in [0, 0.05) is 16.6 Å². The fourth-order valence-corrected chi connectivity index (χ4v) is 2.88. The third-order valence-corrected chi connectivity index (χ3v) is 4.84. The predicted molar refractivity (Wildman–Crippen MR) is 89.4 cm³/mol. The molecule has 1 heterocycles. The highest BCUT2D eigenvalue weighted by Gasteiger charge is 2.09. The Bertz CT molecular complexity index is 384. The van der Waals surface area contributed by atoms with Gasteiger partial charge >= 0.3 is 0 Å².